The third-order valence-corrected chi connectivity index (χ3v) is 3.93. The Bertz CT molecular complexity index is 1050. The van der Waals surface area contributed by atoms with E-state index in [9.17, 15) is 4.79 Å². The molecule has 0 saturated heterocycles. The first kappa shape index (κ1) is 15.1. The molecule has 0 atom stereocenters. The number of aromatic amines is 1. The fraction of sp³-hybridized carbons (Fsp3) is 0.111. The molecule has 0 bridgehead atoms. The van der Waals surface area contributed by atoms with Crippen LogP contribution in [0.4, 0.5) is 0 Å². The van der Waals surface area contributed by atoms with Crippen LogP contribution in [0.25, 0.3) is 22.3 Å². The van der Waals surface area contributed by atoms with E-state index in [0.29, 0.717) is 12.1 Å². The summed E-state index contributed by atoms with van der Waals surface area (Å²) < 4.78 is 6.48. The third kappa shape index (κ3) is 2.99. The van der Waals surface area contributed by atoms with E-state index >= 15 is 0 Å². The zero-order valence-electron chi connectivity index (χ0n) is 13.5. The molecule has 4 rings (SSSR count). The van der Waals surface area contributed by atoms with Gasteiger partial charge in [-0.05, 0) is 29.8 Å². The molecule has 3 heterocycles. The standard InChI is InChI=1S/C18H15N5O2/c1-25-18(24)14-4-2-3-12(7-14)10-23-11-16(21-22-23)15-8-13-5-6-19-17(13)20-9-15/h2-9,11H,10H2,1H3,(H,19,20). The number of methoxy groups -OCH3 is 1. The van der Waals surface area contributed by atoms with E-state index < -0.39 is 0 Å². The molecule has 0 fully saturated rings. The molecule has 0 amide bonds. The Morgan fingerprint density at radius 2 is 2.20 bits per heavy atom. The van der Waals surface area contributed by atoms with Gasteiger partial charge in [0.05, 0.1) is 25.4 Å². The molecule has 0 saturated carbocycles. The Balaban J connectivity index is 1.58. The van der Waals surface area contributed by atoms with Gasteiger partial charge in [0.1, 0.15) is 11.3 Å². The molecular formula is C18H15N5O2. The Hall–Kier alpha value is -3.48. The molecule has 0 unspecified atom stereocenters. The summed E-state index contributed by atoms with van der Waals surface area (Å²) >= 11 is 0. The summed E-state index contributed by atoms with van der Waals surface area (Å²) in [5.74, 6) is -0.355. The number of ether oxygens (including phenoxy) is 1. The summed E-state index contributed by atoms with van der Waals surface area (Å²) in [5, 5.41) is 9.41. The van der Waals surface area contributed by atoms with Gasteiger partial charge in [0.2, 0.25) is 0 Å². The Labute approximate surface area is 143 Å². The van der Waals surface area contributed by atoms with E-state index in [-0.39, 0.29) is 5.97 Å². The van der Waals surface area contributed by atoms with E-state index in [0.717, 1.165) is 27.9 Å². The molecule has 0 aliphatic heterocycles. The van der Waals surface area contributed by atoms with Crippen molar-refractivity contribution in [2.75, 3.05) is 7.11 Å². The van der Waals surface area contributed by atoms with E-state index in [1.54, 1.807) is 23.0 Å². The number of pyridine rings is 1. The first-order chi connectivity index (χ1) is 12.2. The van der Waals surface area contributed by atoms with E-state index in [2.05, 4.69) is 20.3 Å². The van der Waals surface area contributed by atoms with Crippen molar-refractivity contribution in [2.45, 2.75) is 6.54 Å². The molecular weight excluding hydrogens is 318 g/mol. The highest BCUT2D eigenvalue weighted by Gasteiger charge is 2.09. The minimum Gasteiger partial charge on any atom is -0.465 e. The molecule has 0 aliphatic carbocycles. The Kier molecular flexibility index (Phi) is 3.74. The number of rotatable bonds is 4. The number of nitrogens with one attached hydrogen (secondary N) is 1. The smallest absolute Gasteiger partial charge is 0.337 e. The second-order valence-corrected chi connectivity index (χ2v) is 5.63. The van der Waals surface area contributed by atoms with Gasteiger partial charge in [-0.2, -0.15) is 0 Å². The number of esters is 1. The first-order valence-electron chi connectivity index (χ1n) is 7.74. The second kappa shape index (κ2) is 6.20. The molecule has 7 nitrogen and oxygen atoms in total. The summed E-state index contributed by atoms with van der Waals surface area (Å²) in [6.45, 7) is 0.512. The van der Waals surface area contributed by atoms with Crippen LogP contribution in [0.2, 0.25) is 0 Å². The number of benzene rings is 1. The fourth-order valence-corrected chi connectivity index (χ4v) is 2.69. The maximum absolute atomic E-state index is 11.6. The van der Waals surface area contributed by atoms with Crippen LogP contribution in [0.1, 0.15) is 15.9 Å². The lowest BCUT2D eigenvalue weighted by Crippen LogP contribution is -2.04. The van der Waals surface area contributed by atoms with Crippen molar-refractivity contribution < 1.29 is 9.53 Å². The fourth-order valence-electron chi connectivity index (χ4n) is 2.69. The lowest BCUT2D eigenvalue weighted by molar-refractivity contribution is 0.0600. The topological polar surface area (TPSA) is 85.7 Å². The summed E-state index contributed by atoms with van der Waals surface area (Å²) in [6.07, 6.45) is 5.48. The van der Waals surface area contributed by atoms with Gasteiger partial charge in [-0.25, -0.2) is 14.5 Å². The number of aromatic nitrogens is 5. The van der Waals surface area contributed by atoms with Gasteiger partial charge in [-0.15, -0.1) is 5.10 Å². The van der Waals surface area contributed by atoms with Gasteiger partial charge in [-0.3, -0.25) is 0 Å². The monoisotopic (exact) mass is 333 g/mol. The maximum atomic E-state index is 11.6. The van der Waals surface area contributed by atoms with Crippen LogP contribution in [0.3, 0.4) is 0 Å². The second-order valence-electron chi connectivity index (χ2n) is 5.63. The van der Waals surface area contributed by atoms with Crippen molar-refractivity contribution in [3.63, 3.8) is 0 Å². The van der Waals surface area contributed by atoms with Crippen LogP contribution in [0.15, 0.2) is 55.0 Å². The van der Waals surface area contributed by atoms with E-state index in [1.807, 2.05) is 36.7 Å². The number of nitrogens with zero attached hydrogens (tertiary/aromatic N) is 4. The number of H-pyrrole nitrogens is 1. The Morgan fingerprint density at radius 3 is 3.08 bits per heavy atom. The molecule has 4 aromatic rings. The van der Waals surface area contributed by atoms with Crippen LogP contribution >= 0.6 is 0 Å². The zero-order valence-corrected chi connectivity index (χ0v) is 13.5. The van der Waals surface area contributed by atoms with Gasteiger partial charge >= 0.3 is 5.97 Å². The van der Waals surface area contributed by atoms with Gasteiger partial charge in [0, 0.05) is 23.3 Å². The average Bonchev–Trinajstić information content (AvgIpc) is 3.29. The van der Waals surface area contributed by atoms with Crippen LogP contribution in [-0.4, -0.2) is 38.0 Å². The number of carbonyl (C=O) groups excluding carboxylic acids is 1. The van der Waals surface area contributed by atoms with Crippen LogP contribution in [-0.2, 0) is 11.3 Å². The maximum Gasteiger partial charge on any atom is 0.337 e. The van der Waals surface area contributed by atoms with Crippen molar-refractivity contribution in [3.05, 3.63) is 66.1 Å². The predicted molar refractivity (Wildman–Crippen MR) is 92.0 cm³/mol. The van der Waals surface area contributed by atoms with E-state index in [1.165, 1.54) is 7.11 Å². The van der Waals surface area contributed by atoms with Crippen LogP contribution in [0, 0.1) is 0 Å². The van der Waals surface area contributed by atoms with Crippen molar-refractivity contribution in [3.8, 4) is 11.3 Å². The van der Waals surface area contributed by atoms with Gasteiger partial charge < -0.3 is 9.72 Å². The molecule has 0 aliphatic rings. The van der Waals surface area contributed by atoms with Crippen molar-refractivity contribution in [1.29, 1.82) is 0 Å². The third-order valence-electron chi connectivity index (χ3n) is 3.93. The predicted octanol–water partition coefficient (Wildman–Crippen LogP) is 2.66. The lowest BCUT2D eigenvalue weighted by Gasteiger charge is -2.03. The van der Waals surface area contributed by atoms with Crippen molar-refractivity contribution in [1.82, 2.24) is 25.0 Å². The molecule has 7 heteroatoms. The quantitative estimate of drug-likeness (QED) is 0.580. The SMILES string of the molecule is COC(=O)c1cccc(Cn2cc(-c3cnc4[nH]ccc4c3)nn2)c1. The summed E-state index contributed by atoms with van der Waals surface area (Å²) in [5.41, 5.74) is 3.96. The van der Waals surface area contributed by atoms with E-state index in [4.69, 9.17) is 4.74 Å². The molecule has 1 aromatic carbocycles. The van der Waals surface area contributed by atoms with Gasteiger partial charge in [-0.1, -0.05) is 17.3 Å². The van der Waals surface area contributed by atoms with Crippen LogP contribution in [0.5, 0.6) is 0 Å². The molecule has 1 N–H and O–H groups in total. The number of hydrogen-bond acceptors (Lipinski definition) is 5. The van der Waals surface area contributed by atoms with Gasteiger partial charge in [0.25, 0.3) is 0 Å². The van der Waals surface area contributed by atoms with Gasteiger partial charge in [0.15, 0.2) is 0 Å². The zero-order chi connectivity index (χ0) is 17.2. The largest absolute Gasteiger partial charge is 0.465 e. The molecule has 124 valence electrons. The minimum absolute atomic E-state index is 0.355. The Morgan fingerprint density at radius 1 is 1.28 bits per heavy atom. The highest BCUT2D eigenvalue weighted by molar-refractivity contribution is 5.89. The minimum atomic E-state index is -0.355. The average molecular weight is 333 g/mol. The summed E-state index contributed by atoms with van der Waals surface area (Å²) in [4.78, 5) is 19.1. The highest BCUT2D eigenvalue weighted by Crippen LogP contribution is 2.20. The summed E-state index contributed by atoms with van der Waals surface area (Å²) in [7, 11) is 1.37. The first-order valence-corrected chi connectivity index (χ1v) is 7.74. The molecule has 0 spiro atoms. The molecule has 25 heavy (non-hydrogen) atoms. The van der Waals surface area contributed by atoms with Crippen molar-refractivity contribution >= 4 is 17.0 Å². The lowest BCUT2D eigenvalue weighted by atomic mass is 10.1. The number of carbonyl (C=O) groups is 1. The highest BCUT2D eigenvalue weighted by atomic mass is 16.5. The number of hydrogen-bond donors (Lipinski definition) is 1. The summed E-state index contributed by atoms with van der Waals surface area (Å²) in [6, 6.07) is 11.3. The molecule has 3 aromatic heterocycles. The van der Waals surface area contributed by atoms with Crippen molar-refractivity contribution in [2.24, 2.45) is 0 Å². The van der Waals surface area contributed by atoms with Crippen LogP contribution < -0.4 is 0 Å². The molecule has 0 radical (unpaired) electrons. The number of fused-ring (bicyclic) bond motifs is 1. The normalized spacial score (nSPS) is 10.9.